The smallest absolute Gasteiger partial charge is 0.251 e. The van der Waals surface area contributed by atoms with E-state index in [0.717, 1.165) is 47.1 Å². The number of nitrogens with one attached hydrogen (secondary N) is 1. The lowest BCUT2D eigenvalue weighted by Gasteiger charge is -2.13. The molecule has 0 aliphatic rings. The number of amides is 1. The predicted molar refractivity (Wildman–Crippen MR) is 142 cm³/mol. The molecule has 0 spiro atoms. The number of ether oxygens (including phenoxy) is 1. The molecule has 0 radical (unpaired) electrons. The number of fused-ring (bicyclic) bond motifs is 3. The van der Waals surface area contributed by atoms with Crippen LogP contribution in [0.1, 0.15) is 55.4 Å². The minimum atomic E-state index is -0.172. The van der Waals surface area contributed by atoms with Gasteiger partial charge in [0.15, 0.2) is 5.82 Å². The summed E-state index contributed by atoms with van der Waals surface area (Å²) in [6.07, 6.45) is 2.56. The summed E-state index contributed by atoms with van der Waals surface area (Å²) in [5.41, 5.74) is 9.96. The highest BCUT2D eigenvalue weighted by atomic mass is 16.5. The Morgan fingerprint density at radius 1 is 1.19 bits per heavy atom. The SMILES string of the molecule is CCCc1nc2c(N)nc3cc(OCCCNC(=O)c4ccc(C#N)cc4)ccc3c2n1CC(C)C. The van der Waals surface area contributed by atoms with Crippen LogP contribution in [0.2, 0.25) is 0 Å². The van der Waals surface area contributed by atoms with Crippen LogP contribution >= 0.6 is 0 Å². The van der Waals surface area contributed by atoms with Crippen LogP contribution in [0.25, 0.3) is 21.9 Å². The summed E-state index contributed by atoms with van der Waals surface area (Å²) >= 11 is 0. The van der Waals surface area contributed by atoms with Gasteiger partial charge >= 0.3 is 0 Å². The van der Waals surface area contributed by atoms with E-state index < -0.39 is 0 Å². The van der Waals surface area contributed by atoms with E-state index in [-0.39, 0.29) is 5.91 Å². The van der Waals surface area contributed by atoms with Crippen molar-refractivity contribution in [3.8, 4) is 11.8 Å². The molecule has 3 N–H and O–H groups in total. The fraction of sp³-hybridized carbons (Fsp3) is 0.357. The Morgan fingerprint density at radius 2 is 1.97 bits per heavy atom. The molecule has 0 aliphatic heterocycles. The van der Waals surface area contributed by atoms with E-state index >= 15 is 0 Å². The molecule has 0 bridgehead atoms. The Bertz CT molecular complexity index is 1420. The van der Waals surface area contributed by atoms with E-state index in [9.17, 15) is 4.79 Å². The molecule has 36 heavy (non-hydrogen) atoms. The number of pyridine rings is 1. The number of imidazole rings is 1. The van der Waals surface area contributed by atoms with Gasteiger partial charge in [-0.1, -0.05) is 20.8 Å². The number of carbonyl (C=O) groups excluding carboxylic acids is 1. The molecule has 8 nitrogen and oxygen atoms in total. The summed E-state index contributed by atoms with van der Waals surface area (Å²) in [5.74, 6) is 2.48. The van der Waals surface area contributed by atoms with Crippen LogP contribution in [-0.4, -0.2) is 33.6 Å². The first-order valence-electron chi connectivity index (χ1n) is 12.4. The number of rotatable bonds is 10. The second-order valence-electron chi connectivity index (χ2n) is 9.30. The zero-order chi connectivity index (χ0) is 25.7. The maximum Gasteiger partial charge on any atom is 0.251 e. The molecule has 0 unspecified atom stereocenters. The molecule has 0 atom stereocenters. The predicted octanol–water partition coefficient (Wildman–Crippen LogP) is 4.85. The van der Waals surface area contributed by atoms with Gasteiger partial charge in [0.2, 0.25) is 0 Å². The molecule has 1 amide bonds. The first-order chi connectivity index (χ1) is 17.4. The maximum absolute atomic E-state index is 12.2. The van der Waals surface area contributed by atoms with Gasteiger partial charge in [-0.2, -0.15) is 5.26 Å². The first-order valence-corrected chi connectivity index (χ1v) is 12.4. The van der Waals surface area contributed by atoms with Crippen molar-refractivity contribution in [1.29, 1.82) is 5.26 Å². The average Bonchev–Trinajstić information content (AvgIpc) is 3.22. The van der Waals surface area contributed by atoms with Crippen molar-refractivity contribution in [3.05, 3.63) is 59.4 Å². The quantitative estimate of drug-likeness (QED) is 0.311. The minimum Gasteiger partial charge on any atom is -0.493 e. The molecule has 2 aromatic heterocycles. The van der Waals surface area contributed by atoms with Gasteiger partial charge in [-0.25, -0.2) is 9.97 Å². The van der Waals surface area contributed by atoms with Crippen molar-refractivity contribution in [3.63, 3.8) is 0 Å². The van der Waals surface area contributed by atoms with Gasteiger partial charge in [0, 0.05) is 36.5 Å². The summed E-state index contributed by atoms with van der Waals surface area (Å²) < 4.78 is 8.22. The lowest BCUT2D eigenvalue weighted by molar-refractivity contribution is 0.0951. The Hall–Kier alpha value is -4.12. The Labute approximate surface area is 211 Å². The Balaban J connectivity index is 1.44. The Morgan fingerprint density at radius 3 is 2.67 bits per heavy atom. The summed E-state index contributed by atoms with van der Waals surface area (Å²) in [7, 11) is 0. The van der Waals surface area contributed by atoms with Crippen molar-refractivity contribution < 1.29 is 9.53 Å². The summed E-state index contributed by atoms with van der Waals surface area (Å²) in [5, 5.41) is 12.8. The number of hydrogen-bond acceptors (Lipinski definition) is 6. The number of nitrogens with two attached hydrogens (primary N) is 1. The monoisotopic (exact) mass is 484 g/mol. The van der Waals surface area contributed by atoms with Crippen LogP contribution in [-0.2, 0) is 13.0 Å². The van der Waals surface area contributed by atoms with Crippen molar-refractivity contribution in [2.24, 2.45) is 5.92 Å². The fourth-order valence-electron chi connectivity index (χ4n) is 4.27. The molecule has 0 saturated carbocycles. The van der Waals surface area contributed by atoms with Crippen LogP contribution < -0.4 is 15.8 Å². The fourth-order valence-corrected chi connectivity index (χ4v) is 4.27. The van der Waals surface area contributed by atoms with Gasteiger partial charge in [-0.3, -0.25) is 4.79 Å². The molecule has 0 saturated heterocycles. The van der Waals surface area contributed by atoms with Gasteiger partial charge in [-0.15, -0.1) is 0 Å². The van der Waals surface area contributed by atoms with E-state index in [1.54, 1.807) is 24.3 Å². The third kappa shape index (κ3) is 5.41. The van der Waals surface area contributed by atoms with Gasteiger partial charge in [0.25, 0.3) is 5.91 Å². The number of anilines is 1. The van der Waals surface area contributed by atoms with Crippen LogP contribution in [0.5, 0.6) is 5.75 Å². The molecular formula is C28H32N6O2. The zero-order valence-corrected chi connectivity index (χ0v) is 21.0. The van der Waals surface area contributed by atoms with Crippen molar-refractivity contribution >= 4 is 33.7 Å². The molecule has 4 rings (SSSR count). The maximum atomic E-state index is 12.2. The van der Waals surface area contributed by atoms with E-state index in [1.807, 2.05) is 24.3 Å². The number of aryl methyl sites for hydroxylation is 1. The number of nitriles is 1. The number of benzene rings is 2. The highest BCUT2D eigenvalue weighted by molar-refractivity contribution is 6.07. The molecule has 0 aliphatic carbocycles. The van der Waals surface area contributed by atoms with Crippen LogP contribution in [0.3, 0.4) is 0 Å². The standard InChI is InChI=1S/C28H32N6O2/c1-4-6-24-33-25-26(34(24)17-18(2)3)22-12-11-21(15-23(22)32-27(25)30)36-14-5-13-31-28(35)20-9-7-19(16-29)8-10-20/h7-12,15,18H,4-6,13-14,17H2,1-3H3,(H2,30,32)(H,31,35). The molecule has 8 heteroatoms. The lowest BCUT2D eigenvalue weighted by Crippen LogP contribution is -2.25. The van der Waals surface area contributed by atoms with Gasteiger partial charge in [0.05, 0.1) is 29.3 Å². The van der Waals surface area contributed by atoms with E-state index in [0.29, 0.717) is 48.2 Å². The number of nitrogen functional groups attached to an aromatic ring is 1. The van der Waals surface area contributed by atoms with Crippen LogP contribution in [0, 0.1) is 17.2 Å². The highest BCUT2D eigenvalue weighted by Crippen LogP contribution is 2.32. The summed E-state index contributed by atoms with van der Waals surface area (Å²) in [4.78, 5) is 21.7. The van der Waals surface area contributed by atoms with Crippen LogP contribution in [0.4, 0.5) is 5.82 Å². The topological polar surface area (TPSA) is 119 Å². The number of aromatic nitrogens is 3. The van der Waals surface area contributed by atoms with Crippen molar-refractivity contribution in [1.82, 2.24) is 19.9 Å². The molecule has 2 heterocycles. The number of nitrogens with zero attached hydrogens (tertiary/aromatic N) is 4. The zero-order valence-electron chi connectivity index (χ0n) is 21.0. The van der Waals surface area contributed by atoms with E-state index in [1.165, 1.54) is 0 Å². The number of hydrogen-bond donors (Lipinski definition) is 2. The van der Waals surface area contributed by atoms with Gasteiger partial charge < -0.3 is 20.4 Å². The highest BCUT2D eigenvalue weighted by Gasteiger charge is 2.18. The van der Waals surface area contributed by atoms with Gasteiger partial charge in [0.1, 0.15) is 17.1 Å². The van der Waals surface area contributed by atoms with Crippen LogP contribution in [0.15, 0.2) is 42.5 Å². The second kappa shape index (κ2) is 11.1. The normalized spacial score (nSPS) is 11.2. The molecular weight excluding hydrogens is 452 g/mol. The van der Waals surface area contributed by atoms with Crippen molar-refractivity contribution in [2.45, 2.75) is 46.6 Å². The van der Waals surface area contributed by atoms with E-state index in [2.05, 4.69) is 35.6 Å². The average molecular weight is 485 g/mol. The minimum absolute atomic E-state index is 0.172. The molecule has 186 valence electrons. The van der Waals surface area contributed by atoms with Crippen molar-refractivity contribution in [2.75, 3.05) is 18.9 Å². The largest absolute Gasteiger partial charge is 0.493 e. The summed E-state index contributed by atoms with van der Waals surface area (Å²) in [6, 6.07) is 14.5. The van der Waals surface area contributed by atoms with Gasteiger partial charge in [-0.05, 0) is 55.2 Å². The number of carbonyl (C=O) groups is 1. The van der Waals surface area contributed by atoms with E-state index in [4.69, 9.17) is 20.7 Å². The first kappa shape index (κ1) is 25.0. The lowest BCUT2D eigenvalue weighted by atomic mass is 10.1. The third-order valence-electron chi connectivity index (χ3n) is 5.93. The second-order valence-corrected chi connectivity index (χ2v) is 9.30. The molecule has 0 fully saturated rings. The molecule has 4 aromatic rings. The Kier molecular flexibility index (Phi) is 7.69. The third-order valence-corrected chi connectivity index (χ3v) is 5.93. The molecule has 2 aromatic carbocycles. The summed E-state index contributed by atoms with van der Waals surface area (Å²) in [6.45, 7) is 8.35.